The van der Waals surface area contributed by atoms with E-state index in [9.17, 15) is 4.79 Å². The zero-order chi connectivity index (χ0) is 21.6. The third-order valence-corrected chi connectivity index (χ3v) is 8.30. The molecule has 2 aliphatic rings. The second-order valence-corrected chi connectivity index (χ2v) is 10.3. The molecule has 0 unspecified atom stereocenters. The van der Waals surface area contributed by atoms with Crippen molar-refractivity contribution in [2.45, 2.75) is 84.5 Å². The SMILES string of the molecule is C=C1CC[C@@H]2[C@@](C)(CCC[C@@]2(C)C(=O)NCCCCCC[NH3+])[C@H]1CCc1ccoc1. The first-order valence-corrected chi connectivity index (χ1v) is 12.2. The largest absolute Gasteiger partial charge is 0.472 e. The van der Waals surface area contributed by atoms with Crippen molar-refractivity contribution in [3.05, 3.63) is 36.3 Å². The van der Waals surface area contributed by atoms with Gasteiger partial charge in [0.1, 0.15) is 0 Å². The van der Waals surface area contributed by atoms with Gasteiger partial charge in [0.2, 0.25) is 5.91 Å². The highest BCUT2D eigenvalue weighted by atomic mass is 16.3. The molecule has 4 atom stereocenters. The minimum absolute atomic E-state index is 0.164. The predicted molar refractivity (Wildman–Crippen MR) is 122 cm³/mol. The Morgan fingerprint density at radius 2 is 2.07 bits per heavy atom. The minimum Gasteiger partial charge on any atom is -0.472 e. The highest BCUT2D eigenvalue weighted by molar-refractivity contribution is 5.83. The zero-order valence-corrected chi connectivity index (χ0v) is 19.3. The maximum atomic E-state index is 13.4. The Kier molecular flexibility index (Phi) is 7.84. The van der Waals surface area contributed by atoms with Crippen molar-refractivity contribution in [2.75, 3.05) is 13.1 Å². The maximum absolute atomic E-state index is 13.4. The molecule has 30 heavy (non-hydrogen) atoms. The number of allylic oxidation sites excluding steroid dienone is 1. The fourth-order valence-corrected chi connectivity index (χ4v) is 6.56. The van der Waals surface area contributed by atoms with Crippen LogP contribution >= 0.6 is 0 Å². The average Bonchev–Trinajstić information content (AvgIpc) is 3.23. The number of aryl methyl sites for hydroxylation is 1. The molecule has 4 nitrogen and oxygen atoms in total. The molecule has 0 bridgehead atoms. The molecule has 168 valence electrons. The van der Waals surface area contributed by atoms with E-state index in [1.54, 1.807) is 6.26 Å². The first kappa shape index (κ1) is 23.1. The predicted octanol–water partition coefficient (Wildman–Crippen LogP) is 4.91. The Morgan fingerprint density at radius 3 is 2.80 bits per heavy atom. The van der Waals surface area contributed by atoms with E-state index >= 15 is 0 Å². The molecule has 0 radical (unpaired) electrons. The van der Waals surface area contributed by atoms with Crippen LogP contribution < -0.4 is 11.1 Å². The van der Waals surface area contributed by atoms with Crippen LogP contribution in [0.1, 0.15) is 83.6 Å². The molecule has 2 saturated carbocycles. The van der Waals surface area contributed by atoms with Crippen molar-refractivity contribution in [3.63, 3.8) is 0 Å². The molecular formula is C26H43N2O2+. The summed E-state index contributed by atoms with van der Waals surface area (Å²) in [6, 6.07) is 2.07. The summed E-state index contributed by atoms with van der Waals surface area (Å²) in [5.41, 5.74) is 6.48. The van der Waals surface area contributed by atoms with Gasteiger partial charge in [-0.3, -0.25) is 4.79 Å². The van der Waals surface area contributed by atoms with Gasteiger partial charge in [-0.2, -0.15) is 0 Å². The summed E-state index contributed by atoms with van der Waals surface area (Å²) in [6.07, 6.45) is 15.9. The number of quaternary nitrogens is 1. The Morgan fingerprint density at radius 1 is 1.27 bits per heavy atom. The molecule has 0 aromatic carbocycles. The fourth-order valence-electron chi connectivity index (χ4n) is 6.56. The van der Waals surface area contributed by atoms with E-state index in [0.29, 0.717) is 11.8 Å². The number of rotatable bonds is 10. The van der Waals surface area contributed by atoms with Crippen LogP contribution in [0.2, 0.25) is 0 Å². The Bertz CT molecular complexity index is 698. The molecule has 2 fully saturated rings. The molecule has 1 heterocycles. The monoisotopic (exact) mass is 415 g/mol. The molecular weight excluding hydrogens is 372 g/mol. The van der Waals surface area contributed by atoms with Gasteiger partial charge in [-0.15, -0.1) is 0 Å². The van der Waals surface area contributed by atoms with Gasteiger partial charge in [-0.25, -0.2) is 0 Å². The van der Waals surface area contributed by atoms with Crippen molar-refractivity contribution >= 4 is 5.91 Å². The normalized spacial score (nSPS) is 31.4. The molecule has 4 heteroatoms. The lowest BCUT2D eigenvalue weighted by atomic mass is 9.46. The summed E-state index contributed by atoms with van der Waals surface area (Å²) in [6.45, 7) is 11.0. The molecule has 2 aliphatic carbocycles. The van der Waals surface area contributed by atoms with Gasteiger partial charge < -0.3 is 15.5 Å². The summed E-state index contributed by atoms with van der Waals surface area (Å²) < 4.78 is 5.27. The topological polar surface area (TPSA) is 69.9 Å². The van der Waals surface area contributed by atoms with Gasteiger partial charge >= 0.3 is 0 Å². The third kappa shape index (κ3) is 4.85. The molecule has 3 rings (SSSR count). The molecule has 0 aliphatic heterocycles. The highest BCUT2D eigenvalue weighted by Crippen LogP contribution is 2.61. The molecule has 0 saturated heterocycles. The summed E-state index contributed by atoms with van der Waals surface area (Å²) >= 11 is 0. The van der Waals surface area contributed by atoms with Gasteiger partial charge in [0, 0.05) is 12.0 Å². The van der Waals surface area contributed by atoms with Crippen LogP contribution in [0, 0.1) is 22.7 Å². The Balaban J connectivity index is 1.65. The van der Waals surface area contributed by atoms with Crippen molar-refractivity contribution in [1.29, 1.82) is 0 Å². The summed E-state index contributed by atoms with van der Waals surface area (Å²) in [4.78, 5) is 13.4. The van der Waals surface area contributed by atoms with Crippen molar-refractivity contribution < 1.29 is 14.9 Å². The Hall–Kier alpha value is -1.55. The van der Waals surface area contributed by atoms with Crippen LogP contribution in [0.5, 0.6) is 0 Å². The number of carbonyl (C=O) groups is 1. The number of furan rings is 1. The maximum Gasteiger partial charge on any atom is 0.226 e. The van der Waals surface area contributed by atoms with E-state index in [0.717, 1.165) is 58.0 Å². The number of hydrogen-bond donors (Lipinski definition) is 2. The first-order chi connectivity index (χ1) is 14.4. The van der Waals surface area contributed by atoms with Gasteiger partial charge in [0.15, 0.2) is 0 Å². The van der Waals surface area contributed by atoms with E-state index in [2.05, 4.69) is 37.5 Å². The highest BCUT2D eigenvalue weighted by Gasteiger charge is 2.56. The number of fused-ring (bicyclic) bond motifs is 1. The molecule has 0 spiro atoms. The average molecular weight is 416 g/mol. The minimum atomic E-state index is -0.255. The number of carbonyl (C=O) groups excluding carboxylic acids is 1. The summed E-state index contributed by atoms with van der Waals surface area (Å²) in [7, 11) is 0. The van der Waals surface area contributed by atoms with E-state index in [4.69, 9.17) is 4.42 Å². The first-order valence-electron chi connectivity index (χ1n) is 12.2. The second kappa shape index (κ2) is 10.2. The lowest BCUT2D eigenvalue weighted by Gasteiger charge is -2.58. The lowest BCUT2D eigenvalue weighted by molar-refractivity contribution is -0.368. The quantitative estimate of drug-likeness (QED) is 0.421. The van der Waals surface area contributed by atoms with Crippen LogP contribution in [0.25, 0.3) is 0 Å². The number of unbranched alkanes of at least 4 members (excludes halogenated alkanes) is 3. The molecule has 1 aromatic heterocycles. The van der Waals surface area contributed by atoms with E-state index in [-0.39, 0.29) is 16.7 Å². The molecule has 1 aromatic rings. The van der Waals surface area contributed by atoms with E-state index in [1.807, 2.05) is 6.26 Å². The summed E-state index contributed by atoms with van der Waals surface area (Å²) in [5.74, 6) is 1.21. The van der Waals surface area contributed by atoms with Crippen LogP contribution in [0.4, 0.5) is 0 Å². The second-order valence-electron chi connectivity index (χ2n) is 10.3. The van der Waals surface area contributed by atoms with Crippen molar-refractivity contribution in [2.24, 2.45) is 22.7 Å². The van der Waals surface area contributed by atoms with Crippen LogP contribution in [0.3, 0.4) is 0 Å². The van der Waals surface area contributed by atoms with E-state index in [1.165, 1.54) is 36.8 Å². The van der Waals surface area contributed by atoms with Gasteiger partial charge in [0.25, 0.3) is 0 Å². The van der Waals surface area contributed by atoms with E-state index < -0.39 is 0 Å². The van der Waals surface area contributed by atoms with Gasteiger partial charge in [-0.05, 0) is 86.7 Å². The third-order valence-electron chi connectivity index (χ3n) is 8.30. The summed E-state index contributed by atoms with van der Waals surface area (Å²) in [5, 5.41) is 3.31. The lowest BCUT2D eigenvalue weighted by Crippen LogP contribution is -2.56. The smallest absolute Gasteiger partial charge is 0.226 e. The van der Waals surface area contributed by atoms with Crippen molar-refractivity contribution in [1.82, 2.24) is 5.32 Å². The Labute approximate surface area is 183 Å². The zero-order valence-electron chi connectivity index (χ0n) is 19.3. The van der Waals surface area contributed by atoms with Crippen molar-refractivity contribution in [3.8, 4) is 0 Å². The number of nitrogens with one attached hydrogen (secondary N) is 1. The van der Waals surface area contributed by atoms with Gasteiger partial charge in [-0.1, -0.05) is 38.8 Å². The standard InChI is InChI=1S/C26H42N2O2/c1-20-9-12-23-25(2,22(20)11-10-21-13-18-30-19-21)14-8-15-26(23,3)24(29)28-17-7-5-4-6-16-27/h13,18-19,22-23H,1,4-12,14-17,27H2,2-3H3,(H,28,29)/p+1/t22-,23+,25-,26+/m0/s1. The molecule has 4 N–H and O–H groups in total. The van der Waals surface area contributed by atoms with Crippen LogP contribution in [0.15, 0.2) is 35.2 Å². The number of hydrogen-bond acceptors (Lipinski definition) is 2. The van der Waals surface area contributed by atoms with Crippen LogP contribution in [-0.2, 0) is 11.2 Å². The number of amides is 1. The van der Waals surface area contributed by atoms with Gasteiger partial charge in [0.05, 0.1) is 19.1 Å². The fraction of sp³-hybridized carbons (Fsp3) is 0.731. The van der Waals surface area contributed by atoms with Crippen LogP contribution in [-0.4, -0.2) is 19.0 Å². The molecule has 1 amide bonds.